The molecule has 1 unspecified atom stereocenters. The maximum atomic E-state index is 14.8. The number of hydrogen-bond acceptors (Lipinski definition) is 6. The zero-order valence-corrected chi connectivity index (χ0v) is 20.9. The molecule has 5 rings (SSSR count). The van der Waals surface area contributed by atoms with Gasteiger partial charge in [-0.3, -0.25) is 4.79 Å². The van der Waals surface area contributed by atoms with Crippen LogP contribution in [0.2, 0.25) is 0 Å². The number of halogens is 2. The number of carbonyl (C=O) groups is 2. The van der Waals surface area contributed by atoms with Crippen LogP contribution in [-0.4, -0.2) is 59.3 Å². The molecule has 2 heterocycles. The van der Waals surface area contributed by atoms with Crippen molar-refractivity contribution >= 4 is 28.5 Å². The van der Waals surface area contributed by atoms with Gasteiger partial charge in [-0.2, -0.15) is 0 Å². The molecule has 200 valence electrons. The lowest BCUT2D eigenvalue weighted by Gasteiger charge is -2.29. The first-order valence-electron chi connectivity index (χ1n) is 12.5. The van der Waals surface area contributed by atoms with Crippen LogP contribution < -0.4 is 10.2 Å². The van der Waals surface area contributed by atoms with Crippen LogP contribution >= 0.6 is 0 Å². The lowest BCUT2D eigenvalue weighted by molar-refractivity contribution is -0.139. The first-order chi connectivity index (χ1) is 18.9. The highest BCUT2D eigenvalue weighted by molar-refractivity contribution is 5.97. The Morgan fingerprint density at radius 2 is 1.69 bits per heavy atom. The number of rotatable bonds is 8. The smallest absolute Gasteiger partial charge is 0.326 e. The fraction of sp³-hybridized carbons (Fsp3) is 0.241. The van der Waals surface area contributed by atoms with Gasteiger partial charge in [0.15, 0.2) is 0 Å². The highest BCUT2D eigenvalue weighted by Crippen LogP contribution is 2.24. The lowest BCUT2D eigenvalue weighted by Crippen LogP contribution is -2.43. The number of aromatic nitrogens is 2. The topological polar surface area (TPSA) is 105 Å². The summed E-state index contributed by atoms with van der Waals surface area (Å²) >= 11 is 0. The lowest BCUT2D eigenvalue weighted by atomic mass is 9.99. The third-order valence-corrected chi connectivity index (χ3v) is 6.66. The third kappa shape index (κ3) is 6.01. The average molecular weight is 533 g/mol. The van der Waals surface area contributed by atoms with Gasteiger partial charge in [-0.1, -0.05) is 42.5 Å². The summed E-state index contributed by atoms with van der Waals surface area (Å²) in [5.74, 6) is -4.56. The van der Waals surface area contributed by atoms with Crippen molar-refractivity contribution in [1.29, 1.82) is 0 Å². The SMILES string of the molecule is O=C(NC(Cc1cccc(Cc2ncnc3ccccc23)c1)C(=O)O)c1c(F)cc(N2CCOCC2)cc1F. The van der Waals surface area contributed by atoms with Crippen LogP contribution in [-0.2, 0) is 22.4 Å². The van der Waals surface area contributed by atoms with E-state index < -0.39 is 35.1 Å². The number of carboxylic acid groups (broad SMARTS) is 1. The van der Waals surface area contributed by atoms with Crippen molar-refractivity contribution in [2.75, 3.05) is 31.2 Å². The summed E-state index contributed by atoms with van der Waals surface area (Å²) in [5, 5.41) is 13.0. The Morgan fingerprint density at radius 3 is 2.44 bits per heavy atom. The van der Waals surface area contributed by atoms with Crippen LogP contribution in [0, 0.1) is 11.6 Å². The fourth-order valence-electron chi connectivity index (χ4n) is 4.71. The number of amides is 1. The summed E-state index contributed by atoms with van der Waals surface area (Å²) in [6.07, 6.45) is 1.92. The molecule has 0 aliphatic carbocycles. The normalized spacial score (nSPS) is 14.3. The number of aliphatic carboxylic acids is 1. The number of fused-ring (bicyclic) bond motifs is 1. The predicted molar refractivity (Wildman–Crippen MR) is 141 cm³/mol. The van der Waals surface area contributed by atoms with Crippen molar-refractivity contribution in [2.45, 2.75) is 18.9 Å². The minimum absolute atomic E-state index is 0.0749. The van der Waals surface area contributed by atoms with Gasteiger partial charge in [0.2, 0.25) is 0 Å². The fourth-order valence-corrected chi connectivity index (χ4v) is 4.71. The average Bonchev–Trinajstić information content (AvgIpc) is 2.93. The number of nitrogens with one attached hydrogen (secondary N) is 1. The first-order valence-corrected chi connectivity index (χ1v) is 12.5. The number of carboxylic acids is 1. The number of carbonyl (C=O) groups excluding carboxylic acids is 1. The molecule has 0 radical (unpaired) electrons. The Hall–Kier alpha value is -4.44. The summed E-state index contributed by atoms with van der Waals surface area (Å²) in [7, 11) is 0. The second-order valence-corrected chi connectivity index (χ2v) is 9.29. The van der Waals surface area contributed by atoms with Gasteiger partial charge in [0, 0.05) is 37.0 Å². The van der Waals surface area contributed by atoms with Gasteiger partial charge in [0.25, 0.3) is 5.91 Å². The molecule has 1 atom stereocenters. The Morgan fingerprint density at radius 1 is 0.974 bits per heavy atom. The molecular weight excluding hydrogens is 506 g/mol. The van der Waals surface area contributed by atoms with E-state index in [4.69, 9.17) is 4.74 Å². The highest BCUT2D eigenvalue weighted by atomic mass is 19.1. The van der Waals surface area contributed by atoms with Crippen molar-refractivity contribution in [3.63, 3.8) is 0 Å². The van der Waals surface area contributed by atoms with Gasteiger partial charge in [0.1, 0.15) is 29.6 Å². The van der Waals surface area contributed by atoms with Crippen molar-refractivity contribution in [1.82, 2.24) is 15.3 Å². The molecule has 0 bridgehead atoms. The number of ether oxygens (including phenoxy) is 1. The van der Waals surface area contributed by atoms with Crippen LogP contribution in [0.4, 0.5) is 14.5 Å². The molecule has 1 aromatic heterocycles. The van der Waals surface area contributed by atoms with Gasteiger partial charge < -0.3 is 20.1 Å². The molecule has 1 aliphatic rings. The maximum Gasteiger partial charge on any atom is 0.326 e. The van der Waals surface area contributed by atoms with Crippen LogP contribution in [0.15, 0.2) is 67.0 Å². The maximum absolute atomic E-state index is 14.8. The number of hydrogen-bond donors (Lipinski definition) is 2. The molecule has 10 heteroatoms. The number of morpholine rings is 1. The molecule has 4 aromatic rings. The number of anilines is 1. The van der Waals surface area contributed by atoms with Crippen LogP contribution in [0.5, 0.6) is 0 Å². The Bertz CT molecular complexity index is 1500. The second kappa shape index (κ2) is 11.5. The molecule has 0 spiro atoms. The quantitative estimate of drug-likeness (QED) is 0.356. The second-order valence-electron chi connectivity index (χ2n) is 9.29. The molecular formula is C29H26F2N4O4. The molecule has 2 N–H and O–H groups in total. The summed E-state index contributed by atoms with van der Waals surface area (Å²) in [5.41, 5.74) is 2.66. The minimum atomic E-state index is -1.40. The number of para-hydroxylation sites is 1. The van der Waals surface area contributed by atoms with Gasteiger partial charge in [-0.15, -0.1) is 0 Å². The van der Waals surface area contributed by atoms with E-state index in [0.717, 1.165) is 34.3 Å². The van der Waals surface area contributed by atoms with Crippen molar-refractivity contribution in [3.8, 4) is 0 Å². The van der Waals surface area contributed by atoms with Crippen molar-refractivity contribution in [2.24, 2.45) is 0 Å². The summed E-state index contributed by atoms with van der Waals surface area (Å²) in [6, 6.07) is 15.7. The van der Waals surface area contributed by atoms with E-state index in [9.17, 15) is 23.5 Å². The standard InChI is InChI=1S/C29H26F2N4O4/c30-22-15-20(35-8-10-39-11-9-35)16-23(31)27(22)28(36)34-26(29(37)38)14-19-5-3-4-18(12-19)13-25-21-6-1-2-7-24(21)32-17-33-25/h1-7,12,15-17,26H,8-11,13-14H2,(H,34,36)(H,37,38). The van der Waals surface area contributed by atoms with E-state index >= 15 is 0 Å². The van der Waals surface area contributed by atoms with Crippen LogP contribution in [0.1, 0.15) is 27.2 Å². The largest absolute Gasteiger partial charge is 0.480 e. The van der Waals surface area contributed by atoms with E-state index in [0.29, 0.717) is 44.0 Å². The Labute approximate surface area is 223 Å². The van der Waals surface area contributed by atoms with Gasteiger partial charge >= 0.3 is 5.97 Å². The van der Waals surface area contributed by atoms with Crippen LogP contribution in [0.25, 0.3) is 10.9 Å². The molecule has 1 amide bonds. The zero-order chi connectivity index (χ0) is 27.4. The zero-order valence-electron chi connectivity index (χ0n) is 20.9. The first kappa shape index (κ1) is 26.2. The number of benzene rings is 3. The molecule has 0 saturated carbocycles. The minimum Gasteiger partial charge on any atom is -0.480 e. The highest BCUT2D eigenvalue weighted by Gasteiger charge is 2.26. The van der Waals surface area contributed by atoms with E-state index in [1.54, 1.807) is 17.0 Å². The molecule has 8 nitrogen and oxygen atoms in total. The summed E-state index contributed by atoms with van der Waals surface area (Å²) < 4.78 is 35.0. The molecule has 1 saturated heterocycles. The monoisotopic (exact) mass is 532 g/mol. The van der Waals surface area contributed by atoms with Crippen LogP contribution in [0.3, 0.4) is 0 Å². The van der Waals surface area contributed by atoms with Gasteiger partial charge in [-0.05, 0) is 29.3 Å². The molecule has 39 heavy (non-hydrogen) atoms. The third-order valence-electron chi connectivity index (χ3n) is 6.66. The molecule has 1 fully saturated rings. The van der Waals surface area contributed by atoms with Gasteiger partial charge in [-0.25, -0.2) is 23.5 Å². The summed E-state index contributed by atoms with van der Waals surface area (Å²) in [6.45, 7) is 1.81. The van der Waals surface area contributed by atoms with E-state index in [2.05, 4.69) is 15.3 Å². The molecule has 1 aliphatic heterocycles. The van der Waals surface area contributed by atoms with Gasteiger partial charge in [0.05, 0.1) is 24.4 Å². The summed E-state index contributed by atoms with van der Waals surface area (Å²) in [4.78, 5) is 35.2. The molecule has 3 aromatic carbocycles. The Balaban J connectivity index is 1.31. The van der Waals surface area contributed by atoms with Crippen molar-refractivity contribution in [3.05, 3.63) is 101 Å². The van der Waals surface area contributed by atoms with E-state index in [-0.39, 0.29) is 6.42 Å². The van der Waals surface area contributed by atoms with E-state index in [1.165, 1.54) is 6.33 Å². The van der Waals surface area contributed by atoms with Crippen molar-refractivity contribution < 1.29 is 28.2 Å². The predicted octanol–water partition coefficient (Wildman–Crippen LogP) is 3.76. The Kier molecular flexibility index (Phi) is 7.74. The number of nitrogens with zero attached hydrogens (tertiary/aromatic N) is 3. The van der Waals surface area contributed by atoms with E-state index in [1.807, 2.05) is 36.4 Å².